The van der Waals surface area contributed by atoms with Crippen molar-refractivity contribution < 1.29 is 24.5 Å². The fraction of sp³-hybridized carbons (Fsp3) is 0.115. The van der Waals surface area contributed by atoms with Gasteiger partial charge in [0.15, 0.2) is 0 Å². The number of hydrogen-bond donors (Lipinski definition) is 0. The number of rotatable bonds is 3. The zero-order chi connectivity index (χ0) is 19.1. The van der Waals surface area contributed by atoms with Crippen molar-refractivity contribution in [3.63, 3.8) is 0 Å². The zero-order valence-corrected chi connectivity index (χ0v) is 18.7. The van der Waals surface area contributed by atoms with Crippen molar-refractivity contribution in [2.45, 2.75) is 19.8 Å². The Balaban J connectivity index is 0.00000205. The van der Waals surface area contributed by atoms with Gasteiger partial charge in [-0.05, 0) is 40.3 Å². The number of fused-ring (bicyclic) bond motifs is 3. The second-order valence-electron chi connectivity index (χ2n) is 7.43. The summed E-state index contributed by atoms with van der Waals surface area (Å²) in [7, 11) is 0. The van der Waals surface area contributed by atoms with E-state index in [0.29, 0.717) is 5.92 Å². The summed E-state index contributed by atoms with van der Waals surface area (Å²) >= 11 is 0. The third kappa shape index (κ3) is 3.64. The van der Waals surface area contributed by atoms with Gasteiger partial charge in [-0.3, -0.25) is 0 Å². The molecule has 0 saturated carbocycles. The Morgan fingerprint density at radius 3 is 2.45 bits per heavy atom. The number of pyridine rings is 1. The Morgan fingerprint density at radius 1 is 0.828 bits per heavy atom. The molecule has 3 heteroatoms. The van der Waals surface area contributed by atoms with Crippen molar-refractivity contribution in [3.8, 4) is 22.4 Å². The van der Waals surface area contributed by atoms with Crippen molar-refractivity contribution in [2.75, 3.05) is 0 Å². The molecule has 145 valence electrons. The fourth-order valence-corrected chi connectivity index (χ4v) is 3.63. The summed E-state index contributed by atoms with van der Waals surface area (Å²) in [5, 5.41) is 2.19. The monoisotopic (exact) mass is 555 g/mol. The van der Waals surface area contributed by atoms with E-state index in [2.05, 4.69) is 79.5 Å². The Morgan fingerprint density at radius 2 is 1.66 bits per heavy atom. The van der Waals surface area contributed by atoms with Crippen LogP contribution in [0.3, 0.4) is 0 Å². The van der Waals surface area contributed by atoms with E-state index in [9.17, 15) is 0 Å². The summed E-state index contributed by atoms with van der Waals surface area (Å²) < 4.78 is 6.14. The molecule has 0 aliphatic heterocycles. The molecule has 0 saturated heterocycles. The van der Waals surface area contributed by atoms with Crippen molar-refractivity contribution in [1.82, 2.24) is 4.98 Å². The van der Waals surface area contributed by atoms with Crippen LogP contribution in [-0.4, -0.2) is 4.98 Å². The molecule has 0 unspecified atom stereocenters. The molecule has 0 aliphatic carbocycles. The molecule has 0 amide bonds. The van der Waals surface area contributed by atoms with E-state index in [4.69, 9.17) is 4.42 Å². The number of furan rings is 1. The van der Waals surface area contributed by atoms with Crippen LogP contribution in [0.25, 0.3) is 44.3 Å². The normalized spacial score (nSPS) is 11.1. The molecule has 5 aromatic rings. The zero-order valence-electron chi connectivity index (χ0n) is 16.3. The van der Waals surface area contributed by atoms with Gasteiger partial charge in [0.2, 0.25) is 0 Å². The SMILES string of the molecule is CC(C)c1ccnc(-c2[c-]cc3c(c2)oc2ccc(-c4ccccc4)cc23)c1.[Ir]. The predicted molar refractivity (Wildman–Crippen MR) is 115 cm³/mol. The third-order valence-corrected chi connectivity index (χ3v) is 5.24. The molecular weight excluding hydrogens is 535 g/mol. The Labute approximate surface area is 183 Å². The van der Waals surface area contributed by atoms with Gasteiger partial charge in [-0.15, -0.1) is 17.7 Å². The predicted octanol–water partition coefficient (Wildman–Crippen LogP) is 7.24. The van der Waals surface area contributed by atoms with Gasteiger partial charge < -0.3 is 9.40 Å². The van der Waals surface area contributed by atoms with Crippen LogP contribution >= 0.6 is 0 Å². The van der Waals surface area contributed by atoms with Gasteiger partial charge in [-0.2, -0.15) is 0 Å². The minimum Gasteiger partial charge on any atom is -0.476 e. The van der Waals surface area contributed by atoms with E-state index < -0.39 is 0 Å². The number of benzene rings is 3. The van der Waals surface area contributed by atoms with Gasteiger partial charge in [-0.25, -0.2) is 0 Å². The standard InChI is InChI=1S/C26H20NO.Ir/c1-17(2)19-12-13-27-24(15-19)21-8-10-22-23-14-20(18-6-4-3-5-7-18)9-11-25(23)28-26(22)16-21;/h3-7,9-17H,1-2H3;/q-1;. The summed E-state index contributed by atoms with van der Waals surface area (Å²) in [5.41, 5.74) is 7.31. The van der Waals surface area contributed by atoms with Gasteiger partial charge in [-0.1, -0.05) is 79.4 Å². The number of nitrogens with zero attached hydrogens (tertiary/aromatic N) is 1. The average Bonchev–Trinajstić information content (AvgIpc) is 3.11. The maximum atomic E-state index is 6.14. The van der Waals surface area contributed by atoms with Gasteiger partial charge in [0.05, 0.1) is 5.58 Å². The second kappa shape index (κ2) is 7.94. The van der Waals surface area contributed by atoms with Crippen molar-refractivity contribution >= 4 is 21.9 Å². The van der Waals surface area contributed by atoms with Gasteiger partial charge in [0.1, 0.15) is 5.58 Å². The molecule has 2 heterocycles. The van der Waals surface area contributed by atoms with E-state index in [1.165, 1.54) is 16.7 Å². The topological polar surface area (TPSA) is 26.0 Å². The second-order valence-corrected chi connectivity index (χ2v) is 7.43. The first-order valence-corrected chi connectivity index (χ1v) is 9.59. The molecule has 1 radical (unpaired) electrons. The Bertz CT molecular complexity index is 1290. The Hall–Kier alpha value is -2.74. The van der Waals surface area contributed by atoms with Crippen LogP contribution in [0.4, 0.5) is 0 Å². The van der Waals surface area contributed by atoms with Gasteiger partial charge in [0, 0.05) is 26.3 Å². The quantitative estimate of drug-likeness (QED) is 0.220. The molecule has 3 aromatic carbocycles. The minimum atomic E-state index is 0. The first-order chi connectivity index (χ1) is 13.7. The number of aromatic nitrogens is 1. The fourth-order valence-electron chi connectivity index (χ4n) is 3.63. The molecule has 2 nitrogen and oxygen atoms in total. The summed E-state index contributed by atoms with van der Waals surface area (Å²) in [4.78, 5) is 4.53. The van der Waals surface area contributed by atoms with Crippen LogP contribution in [-0.2, 0) is 20.1 Å². The molecule has 29 heavy (non-hydrogen) atoms. The molecule has 0 aliphatic rings. The minimum absolute atomic E-state index is 0. The molecule has 0 atom stereocenters. The van der Waals surface area contributed by atoms with Crippen molar-refractivity contribution in [1.29, 1.82) is 0 Å². The molecule has 5 rings (SSSR count). The van der Waals surface area contributed by atoms with Crippen LogP contribution in [0, 0.1) is 6.07 Å². The van der Waals surface area contributed by atoms with Crippen LogP contribution in [0.1, 0.15) is 25.3 Å². The largest absolute Gasteiger partial charge is 0.476 e. The average molecular weight is 555 g/mol. The smallest absolute Gasteiger partial charge is 0.123 e. The molecule has 0 fully saturated rings. The Kier molecular flexibility index (Phi) is 5.36. The summed E-state index contributed by atoms with van der Waals surface area (Å²) in [6.07, 6.45) is 1.87. The van der Waals surface area contributed by atoms with Gasteiger partial charge >= 0.3 is 0 Å². The third-order valence-electron chi connectivity index (χ3n) is 5.24. The first-order valence-electron chi connectivity index (χ1n) is 9.59. The van der Waals surface area contributed by atoms with Gasteiger partial charge in [0.25, 0.3) is 0 Å². The maximum Gasteiger partial charge on any atom is 0.123 e. The van der Waals surface area contributed by atoms with E-state index in [-0.39, 0.29) is 20.1 Å². The van der Waals surface area contributed by atoms with Crippen molar-refractivity contribution in [3.05, 3.63) is 90.6 Å². The van der Waals surface area contributed by atoms with E-state index in [1.807, 2.05) is 24.4 Å². The van der Waals surface area contributed by atoms with Crippen LogP contribution in [0.2, 0.25) is 0 Å². The molecular formula is C26H20IrNO-. The molecule has 0 N–H and O–H groups in total. The summed E-state index contributed by atoms with van der Waals surface area (Å²) in [6, 6.07) is 28.4. The summed E-state index contributed by atoms with van der Waals surface area (Å²) in [5.74, 6) is 0.466. The molecule has 0 bridgehead atoms. The first kappa shape index (κ1) is 19.6. The summed E-state index contributed by atoms with van der Waals surface area (Å²) in [6.45, 7) is 4.38. The van der Waals surface area contributed by atoms with E-state index >= 15 is 0 Å². The molecule has 0 spiro atoms. The van der Waals surface area contributed by atoms with E-state index in [1.54, 1.807) is 0 Å². The van der Waals surface area contributed by atoms with Crippen LogP contribution < -0.4 is 0 Å². The van der Waals surface area contributed by atoms with Crippen LogP contribution in [0.5, 0.6) is 0 Å². The van der Waals surface area contributed by atoms with Crippen molar-refractivity contribution in [2.24, 2.45) is 0 Å². The van der Waals surface area contributed by atoms with E-state index in [0.717, 1.165) is 33.2 Å². The molecule has 2 aromatic heterocycles. The van der Waals surface area contributed by atoms with Crippen LogP contribution in [0.15, 0.2) is 83.4 Å². The maximum absolute atomic E-state index is 6.14. The number of hydrogen-bond acceptors (Lipinski definition) is 2.